The molecule has 1 aliphatic carbocycles. The minimum absolute atomic E-state index is 0. The molecule has 3 heteroatoms. The SMILES string of the molecule is C[N-]CCC(C)CC1Cc2ccccc2C1=O.[K+]. The monoisotopic (exact) mass is 269 g/mol. The van der Waals surface area contributed by atoms with Gasteiger partial charge in [-0.15, -0.1) is 6.54 Å². The molecule has 2 atom stereocenters. The van der Waals surface area contributed by atoms with Crippen molar-refractivity contribution >= 4 is 5.78 Å². The van der Waals surface area contributed by atoms with Gasteiger partial charge in [0.1, 0.15) is 0 Å². The van der Waals surface area contributed by atoms with Crippen LogP contribution in [0.1, 0.15) is 35.7 Å². The zero-order valence-corrected chi connectivity index (χ0v) is 14.8. The summed E-state index contributed by atoms with van der Waals surface area (Å²) in [5.74, 6) is 1.14. The van der Waals surface area contributed by atoms with Gasteiger partial charge in [0.25, 0.3) is 0 Å². The van der Waals surface area contributed by atoms with Gasteiger partial charge in [-0.25, -0.2) is 0 Å². The van der Waals surface area contributed by atoms with Crippen molar-refractivity contribution in [2.75, 3.05) is 13.6 Å². The second-order valence-electron chi connectivity index (χ2n) is 5.09. The number of rotatable bonds is 5. The molecule has 18 heavy (non-hydrogen) atoms. The standard InChI is InChI=1S/C15H20NO.K/c1-11(7-8-16-2)9-13-10-12-5-3-4-6-14(12)15(13)17;/h3-6,11,13H,7-10H2,1-2H3;/q-1;+1. The van der Waals surface area contributed by atoms with Gasteiger partial charge in [0.15, 0.2) is 5.78 Å². The van der Waals surface area contributed by atoms with Gasteiger partial charge in [-0.05, 0) is 24.3 Å². The van der Waals surface area contributed by atoms with Crippen LogP contribution in [0.2, 0.25) is 0 Å². The molecule has 0 saturated carbocycles. The minimum atomic E-state index is 0. The molecule has 0 bridgehead atoms. The third kappa shape index (κ3) is 3.99. The van der Waals surface area contributed by atoms with Gasteiger partial charge in [0.05, 0.1) is 0 Å². The van der Waals surface area contributed by atoms with Crippen LogP contribution >= 0.6 is 0 Å². The summed E-state index contributed by atoms with van der Waals surface area (Å²) >= 11 is 0. The van der Waals surface area contributed by atoms with E-state index in [1.54, 1.807) is 0 Å². The maximum atomic E-state index is 12.2. The summed E-state index contributed by atoms with van der Waals surface area (Å²) in [5.41, 5.74) is 2.18. The molecule has 0 N–H and O–H groups in total. The number of carbonyl (C=O) groups excluding carboxylic acids is 1. The molecule has 0 radical (unpaired) electrons. The third-order valence-corrected chi connectivity index (χ3v) is 3.65. The summed E-state index contributed by atoms with van der Waals surface area (Å²) in [5, 5.41) is 4.12. The van der Waals surface area contributed by atoms with E-state index in [1.165, 1.54) is 5.56 Å². The first-order chi connectivity index (χ1) is 8.22. The maximum Gasteiger partial charge on any atom is 1.00 e. The molecule has 1 aliphatic rings. The second-order valence-corrected chi connectivity index (χ2v) is 5.09. The van der Waals surface area contributed by atoms with E-state index in [2.05, 4.69) is 18.3 Å². The molecule has 0 saturated heterocycles. The molecule has 2 nitrogen and oxygen atoms in total. The molecule has 0 spiro atoms. The van der Waals surface area contributed by atoms with E-state index in [0.29, 0.717) is 11.7 Å². The van der Waals surface area contributed by atoms with E-state index < -0.39 is 0 Å². The van der Waals surface area contributed by atoms with Gasteiger partial charge in [-0.3, -0.25) is 4.79 Å². The van der Waals surface area contributed by atoms with Gasteiger partial charge >= 0.3 is 51.4 Å². The van der Waals surface area contributed by atoms with Crippen LogP contribution in [0, 0.1) is 11.8 Å². The average Bonchev–Trinajstić information content (AvgIpc) is 2.64. The van der Waals surface area contributed by atoms with E-state index in [4.69, 9.17) is 0 Å². The predicted octanol–water partition coefficient (Wildman–Crippen LogP) is 0.465. The first-order valence-electron chi connectivity index (χ1n) is 6.40. The Bertz CT molecular complexity index is 405. The van der Waals surface area contributed by atoms with Crippen molar-refractivity contribution in [3.63, 3.8) is 0 Å². The van der Waals surface area contributed by atoms with Crippen LogP contribution in [-0.2, 0) is 6.42 Å². The van der Waals surface area contributed by atoms with E-state index in [-0.39, 0.29) is 57.3 Å². The Hall–Kier alpha value is 0.486. The molecule has 1 aromatic carbocycles. The number of benzene rings is 1. The quantitative estimate of drug-likeness (QED) is 0.715. The van der Waals surface area contributed by atoms with Gasteiger partial charge < -0.3 is 5.32 Å². The summed E-state index contributed by atoms with van der Waals surface area (Å²) in [6, 6.07) is 8.02. The number of fused-ring (bicyclic) bond motifs is 1. The molecule has 0 amide bonds. The van der Waals surface area contributed by atoms with Crippen LogP contribution in [0.5, 0.6) is 0 Å². The number of carbonyl (C=O) groups is 1. The third-order valence-electron chi connectivity index (χ3n) is 3.65. The summed E-state index contributed by atoms with van der Waals surface area (Å²) in [6.07, 6.45) is 3.03. The van der Waals surface area contributed by atoms with Gasteiger partial charge in [0, 0.05) is 11.5 Å². The molecule has 0 aliphatic heterocycles. The topological polar surface area (TPSA) is 31.2 Å². The van der Waals surface area contributed by atoms with Crippen LogP contribution in [0.4, 0.5) is 0 Å². The number of ketones is 1. The maximum absolute atomic E-state index is 12.2. The first kappa shape index (κ1) is 16.5. The fourth-order valence-electron chi connectivity index (χ4n) is 2.66. The Morgan fingerprint density at radius 3 is 2.78 bits per heavy atom. The molecule has 2 rings (SSSR count). The van der Waals surface area contributed by atoms with Crippen molar-refractivity contribution in [1.82, 2.24) is 0 Å². The van der Waals surface area contributed by atoms with Crippen LogP contribution in [0.15, 0.2) is 24.3 Å². The molecule has 1 aromatic rings. The minimum Gasteiger partial charge on any atom is -0.665 e. The van der Waals surface area contributed by atoms with Gasteiger partial charge in [0.2, 0.25) is 0 Å². The van der Waals surface area contributed by atoms with Crippen molar-refractivity contribution in [2.45, 2.75) is 26.2 Å². The average molecular weight is 269 g/mol. The fourth-order valence-corrected chi connectivity index (χ4v) is 2.66. The van der Waals surface area contributed by atoms with Crippen molar-refractivity contribution in [1.29, 1.82) is 0 Å². The predicted molar refractivity (Wildman–Crippen MR) is 70.5 cm³/mol. The van der Waals surface area contributed by atoms with Crippen LogP contribution in [0.25, 0.3) is 5.32 Å². The zero-order chi connectivity index (χ0) is 12.3. The molecule has 0 heterocycles. The van der Waals surface area contributed by atoms with Gasteiger partial charge in [-0.1, -0.05) is 37.6 Å². The normalized spacial score (nSPS) is 19.2. The number of hydrogen-bond acceptors (Lipinski definition) is 1. The molecule has 92 valence electrons. The number of Topliss-reactive ketones (excluding diaryl/α,β-unsaturated/α-hetero) is 1. The van der Waals surface area contributed by atoms with Crippen molar-refractivity contribution in [2.24, 2.45) is 11.8 Å². The Labute approximate surface area is 152 Å². The van der Waals surface area contributed by atoms with E-state index in [1.807, 2.05) is 25.2 Å². The fraction of sp³-hybridized carbons (Fsp3) is 0.533. The largest absolute Gasteiger partial charge is 1.00 e. The summed E-state index contributed by atoms with van der Waals surface area (Å²) in [7, 11) is 1.85. The van der Waals surface area contributed by atoms with Crippen molar-refractivity contribution in [3.8, 4) is 0 Å². The van der Waals surface area contributed by atoms with E-state index in [9.17, 15) is 4.79 Å². The zero-order valence-electron chi connectivity index (χ0n) is 11.6. The van der Waals surface area contributed by atoms with Crippen LogP contribution in [0.3, 0.4) is 0 Å². The molecule has 2 unspecified atom stereocenters. The molecular weight excluding hydrogens is 249 g/mol. The summed E-state index contributed by atoms with van der Waals surface area (Å²) < 4.78 is 0. The Morgan fingerprint density at radius 1 is 1.39 bits per heavy atom. The second kappa shape index (κ2) is 7.93. The first-order valence-corrected chi connectivity index (χ1v) is 6.40. The van der Waals surface area contributed by atoms with Crippen LogP contribution < -0.4 is 51.4 Å². The summed E-state index contributed by atoms with van der Waals surface area (Å²) in [4.78, 5) is 12.2. The van der Waals surface area contributed by atoms with E-state index in [0.717, 1.165) is 31.4 Å². The molecule has 0 fully saturated rings. The Kier molecular flexibility index (Phi) is 7.28. The number of nitrogens with zero attached hydrogens (tertiary/aromatic N) is 1. The van der Waals surface area contributed by atoms with Crippen molar-refractivity contribution < 1.29 is 56.2 Å². The molecule has 0 aromatic heterocycles. The molecular formula is C15H20KNO. The van der Waals surface area contributed by atoms with Crippen molar-refractivity contribution in [3.05, 3.63) is 40.7 Å². The number of hydrogen-bond donors (Lipinski definition) is 0. The Balaban J connectivity index is 0.00000162. The smallest absolute Gasteiger partial charge is 0.665 e. The van der Waals surface area contributed by atoms with Gasteiger partial charge in [-0.2, -0.15) is 7.05 Å². The summed E-state index contributed by atoms with van der Waals surface area (Å²) in [6.45, 7) is 3.14. The van der Waals surface area contributed by atoms with E-state index >= 15 is 0 Å². The Morgan fingerprint density at radius 2 is 2.11 bits per heavy atom. The van der Waals surface area contributed by atoms with Crippen LogP contribution in [-0.4, -0.2) is 19.4 Å².